The van der Waals surface area contributed by atoms with Crippen molar-refractivity contribution in [1.29, 1.82) is 0 Å². The fourth-order valence-corrected chi connectivity index (χ4v) is 1.31. The van der Waals surface area contributed by atoms with Gasteiger partial charge in [0.05, 0.1) is 10.6 Å². The van der Waals surface area contributed by atoms with Gasteiger partial charge < -0.3 is 10.4 Å². The van der Waals surface area contributed by atoms with E-state index in [1.807, 2.05) is 0 Å². The molecule has 1 aromatic heterocycles. The predicted octanol–water partition coefficient (Wildman–Crippen LogP) is 1.33. The number of rotatable bonds is 4. The number of nitrogens with zero attached hydrogens (tertiary/aromatic N) is 1. The molecule has 86 valence electrons. The molecule has 0 fully saturated rings. The summed E-state index contributed by atoms with van der Waals surface area (Å²) in [7, 11) is 0. The van der Waals surface area contributed by atoms with Crippen LogP contribution in [0.2, 0.25) is 5.02 Å². The van der Waals surface area contributed by atoms with Gasteiger partial charge in [0.15, 0.2) is 0 Å². The van der Waals surface area contributed by atoms with Crippen LogP contribution < -0.4 is 5.32 Å². The van der Waals surface area contributed by atoms with E-state index in [0.717, 1.165) is 0 Å². The van der Waals surface area contributed by atoms with Crippen LogP contribution in [0.1, 0.15) is 23.7 Å². The molecule has 1 heterocycles. The van der Waals surface area contributed by atoms with E-state index in [0.29, 0.717) is 6.42 Å². The van der Waals surface area contributed by atoms with E-state index in [-0.39, 0.29) is 10.6 Å². The Bertz CT molecular complexity index is 409. The van der Waals surface area contributed by atoms with Crippen LogP contribution in [-0.4, -0.2) is 28.0 Å². The molecule has 1 aromatic rings. The minimum Gasteiger partial charge on any atom is -0.480 e. The van der Waals surface area contributed by atoms with E-state index in [4.69, 9.17) is 16.7 Å². The van der Waals surface area contributed by atoms with Crippen molar-refractivity contribution < 1.29 is 14.7 Å². The number of hydrogen-bond donors (Lipinski definition) is 2. The smallest absolute Gasteiger partial charge is 0.326 e. The maximum Gasteiger partial charge on any atom is 0.326 e. The van der Waals surface area contributed by atoms with Crippen LogP contribution in [0.5, 0.6) is 0 Å². The van der Waals surface area contributed by atoms with E-state index in [9.17, 15) is 9.59 Å². The van der Waals surface area contributed by atoms with E-state index in [1.54, 1.807) is 6.92 Å². The highest BCUT2D eigenvalue weighted by molar-refractivity contribution is 6.33. The first-order chi connectivity index (χ1) is 7.56. The number of carbonyl (C=O) groups is 2. The third-order valence-electron chi connectivity index (χ3n) is 2.02. The normalized spacial score (nSPS) is 11.9. The molecule has 0 aliphatic heterocycles. The van der Waals surface area contributed by atoms with Gasteiger partial charge in [-0.2, -0.15) is 0 Å². The third-order valence-corrected chi connectivity index (χ3v) is 2.35. The number of nitrogens with one attached hydrogen (secondary N) is 1. The van der Waals surface area contributed by atoms with Crippen molar-refractivity contribution in [2.24, 2.45) is 0 Å². The largest absolute Gasteiger partial charge is 0.480 e. The van der Waals surface area contributed by atoms with Crippen LogP contribution in [-0.2, 0) is 4.79 Å². The summed E-state index contributed by atoms with van der Waals surface area (Å²) >= 11 is 5.78. The van der Waals surface area contributed by atoms with Crippen molar-refractivity contribution in [1.82, 2.24) is 10.3 Å². The first-order valence-corrected chi connectivity index (χ1v) is 5.07. The van der Waals surface area contributed by atoms with Crippen LogP contribution in [0, 0.1) is 0 Å². The minimum atomic E-state index is -1.07. The topological polar surface area (TPSA) is 79.3 Å². The number of carboxylic acid groups (broad SMARTS) is 1. The van der Waals surface area contributed by atoms with Gasteiger partial charge in [-0.3, -0.25) is 9.78 Å². The lowest BCUT2D eigenvalue weighted by atomic mass is 10.2. The quantitative estimate of drug-likeness (QED) is 0.835. The minimum absolute atomic E-state index is 0.170. The third kappa shape index (κ3) is 2.93. The molecule has 1 rings (SSSR count). The molecule has 0 unspecified atom stereocenters. The number of amides is 1. The van der Waals surface area contributed by atoms with E-state index in [1.165, 1.54) is 18.5 Å². The number of pyridine rings is 1. The Morgan fingerprint density at radius 2 is 2.31 bits per heavy atom. The lowest BCUT2D eigenvalue weighted by Crippen LogP contribution is -2.40. The van der Waals surface area contributed by atoms with Crippen molar-refractivity contribution in [3.8, 4) is 0 Å². The molecular weight excluding hydrogens is 232 g/mol. The number of halogens is 1. The SMILES string of the molecule is CC[C@@H](NC(=O)c1cnccc1Cl)C(=O)O. The van der Waals surface area contributed by atoms with Gasteiger partial charge in [-0.25, -0.2) is 4.79 Å². The standard InChI is InChI=1S/C10H11ClN2O3/c1-2-8(10(15)16)13-9(14)6-5-12-4-3-7(6)11/h3-5,8H,2H2,1H3,(H,13,14)(H,15,16)/t8-/m1/s1. The lowest BCUT2D eigenvalue weighted by Gasteiger charge is -2.12. The summed E-state index contributed by atoms with van der Waals surface area (Å²) in [5.74, 6) is -1.61. The second-order valence-electron chi connectivity index (χ2n) is 3.13. The van der Waals surface area contributed by atoms with E-state index < -0.39 is 17.9 Å². The van der Waals surface area contributed by atoms with Crippen LogP contribution in [0.25, 0.3) is 0 Å². The van der Waals surface area contributed by atoms with Gasteiger partial charge >= 0.3 is 5.97 Å². The van der Waals surface area contributed by atoms with Crippen LogP contribution in [0.15, 0.2) is 18.5 Å². The summed E-state index contributed by atoms with van der Waals surface area (Å²) in [5.41, 5.74) is 0.170. The monoisotopic (exact) mass is 242 g/mol. The summed E-state index contributed by atoms with van der Waals surface area (Å²) in [6.07, 6.45) is 3.05. The summed E-state index contributed by atoms with van der Waals surface area (Å²) in [5, 5.41) is 11.4. The molecule has 0 saturated carbocycles. The molecule has 5 nitrogen and oxygen atoms in total. The molecule has 0 saturated heterocycles. The highest BCUT2D eigenvalue weighted by Crippen LogP contribution is 2.13. The van der Waals surface area contributed by atoms with Crippen LogP contribution >= 0.6 is 11.6 Å². The van der Waals surface area contributed by atoms with Crippen molar-refractivity contribution in [2.75, 3.05) is 0 Å². The number of carbonyl (C=O) groups excluding carboxylic acids is 1. The molecule has 0 bridgehead atoms. The Labute approximate surface area is 97.4 Å². The fraction of sp³-hybridized carbons (Fsp3) is 0.300. The molecule has 0 aromatic carbocycles. The highest BCUT2D eigenvalue weighted by atomic mass is 35.5. The molecule has 0 aliphatic carbocycles. The van der Waals surface area contributed by atoms with Gasteiger partial charge in [-0.1, -0.05) is 18.5 Å². The van der Waals surface area contributed by atoms with Gasteiger partial charge in [0.2, 0.25) is 0 Å². The second-order valence-corrected chi connectivity index (χ2v) is 3.54. The maximum atomic E-state index is 11.6. The van der Waals surface area contributed by atoms with Crippen molar-refractivity contribution >= 4 is 23.5 Å². The molecule has 0 radical (unpaired) electrons. The maximum absolute atomic E-state index is 11.6. The van der Waals surface area contributed by atoms with Gasteiger partial charge in [0.25, 0.3) is 5.91 Å². The number of aliphatic carboxylic acids is 1. The van der Waals surface area contributed by atoms with Crippen LogP contribution in [0.3, 0.4) is 0 Å². The summed E-state index contributed by atoms with van der Waals surface area (Å²) in [4.78, 5) is 26.1. The predicted molar refractivity (Wildman–Crippen MR) is 58.4 cm³/mol. The average molecular weight is 243 g/mol. The molecule has 6 heteroatoms. The number of carboxylic acids is 1. The first-order valence-electron chi connectivity index (χ1n) is 4.69. The Morgan fingerprint density at radius 1 is 1.62 bits per heavy atom. The first kappa shape index (κ1) is 12.4. The summed E-state index contributed by atoms with van der Waals surface area (Å²) in [6, 6.07) is 0.557. The zero-order valence-electron chi connectivity index (χ0n) is 8.61. The highest BCUT2D eigenvalue weighted by Gasteiger charge is 2.19. The Balaban J connectivity index is 2.80. The molecule has 0 aliphatic rings. The Hall–Kier alpha value is -1.62. The van der Waals surface area contributed by atoms with Crippen molar-refractivity contribution in [3.63, 3.8) is 0 Å². The molecule has 16 heavy (non-hydrogen) atoms. The summed E-state index contributed by atoms with van der Waals surface area (Å²) in [6.45, 7) is 1.67. The molecular formula is C10H11ClN2O3. The van der Waals surface area contributed by atoms with Gasteiger partial charge in [0.1, 0.15) is 6.04 Å². The van der Waals surface area contributed by atoms with Crippen molar-refractivity contribution in [2.45, 2.75) is 19.4 Å². The average Bonchev–Trinajstić information content (AvgIpc) is 2.25. The summed E-state index contributed by atoms with van der Waals surface area (Å²) < 4.78 is 0. The van der Waals surface area contributed by atoms with Crippen molar-refractivity contribution in [3.05, 3.63) is 29.0 Å². The van der Waals surface area contributed by atoms with Gasteiger partial charge in [0, 0.05) is 12.4 Å². The van der Waals surface area contributed by atoms with Gasteiger partial charge in [-0.15, -0.1) is 0 Å². The Morgan fingerprint density at radius 3 is 2.81 bits per heavy atom. The molecule has 1 amide bonds. The van der Waals surface area contributed by atoms with Crippen LogP contribution in [0.4, 0.5) is 0 Å². The van der Waals surface area contributed by atoms with E-state index in [2.05, 4.69) is 10.3 Å². The lowest BCUT2D eigenvalue weighted by molar-refractivity contribution is -0.139. The zero-order chi connectivity index (χ0) is 12.1. The van der Waals surface area contributed by atoms with E-state index >= 15 is 0 Å². The fourth-order valence-electron chi connectivity index (χ4n) is 1.12. The molecule has 2 N–H and O–H groups in total. The number of aromatic nitrogens is 1. The Kier molecular flexibility index (Phi) is 4.25. The number of hydrogen-bond acceptors (Lipinski definition) is 3. The second kappa shape index (κ2) is 5.46. The van der Waals surface area contributed by atoms with Gasteiger partial charge in [-0.05, 0) is 12.5 Å². The molecule has 1 atom stereocenters. The zero-order valence-corrected chi connectivity index (χ0v) is 9.36. The molecule has 0 spiro atoms.